The van der Waals surface area contributed by atoms with Crippen molar-refractivity contribution in [2.45, 2.75) is 44.0 Å². The highest BCUT2D eigenvalue weighted by molar-refractivity contribution is 7.89. The van der Waals surface area contributed by atoms with E-state index in [1.54, 1.807) is 16.4 Å². The first-order valence-corrected chi connectivity index (χ1v) is 8.55. The Labute approximate surface area is 127 Å². The van der Waals surface area contributed by atoms with E-state index in [0.29, 0.717) is 17.0 Å². The van der Waals surface area contributed by atoms with E-state index in [0.717, 1.165) is 18.4 Å². The molecule has 4 nitrogen and oxygen atoms in total. The molecule has 1 heterocycles. The van der Waals surface area contributed by atoms with Crippen molar-refractivity contribution in [1.82, 2.24) is 4.31 Å². The van der Waals surface area contributed by atoms with Crippen LogP contribution in [0.2, 0.25) is 0 Å². The molecule has 0 radical (unpaired) electrons. The molecule has 2 rings (SSSR count). The molecule has 21 heavy (non-hydrogen) atoms. The molecule has 0 spiro atoms. The lowest BCUT2D eigenvalue weighted by Crippen LogP contribution is -2.42. The van der Waals surface area contributed by atoms with E-state index in [1.807, 2.05) is 26.8 Å². The fourth-order valence-electron chi connectivity index (χ4n) is 2.76. The van der Waals surface area contributed by atoms with Gasteiger partial charge in [-0.1, -0.05) is 17.9 Å². The molecule has 0 atom stereocenters. The van der Waals surface area contributed by atoms with Crippen LogP contribution in [0.4, 0.5) is 0 Å². The molecule has 1 fully saturated rings. The second kappa shape index (κ2) is 5.80. The highest BCUT2D eigenvalue weighted by Crippen LogP contribution is 2.34. The zero-order valence-electron chi connectivity index (χ0n) is 12.8. The third-order valence-electron chi connectivity index (χ3n) is 3.92. The maximum absolute atomic E-state index is 12.9. The van der Waals surface area contributed by atoms with Gasteiger partial charge in [0.1, 0.15) is 0 Å². The Balaban J connectivity index is 2.49. The Morgan fingerprint density at radius 3 is 2.67 bits per heavy atom. The number of aryl methyl sites for hydroxylation is 1. The lowest BCUT2D eigenvalue weighted by Gasteiger charge is -2.31. The molecule has 0 saturated carbocycles. The van der Waals surface area contributed by atoms with Gasteiger partial charge in [-0.2, -0.15) is 4.31 Å². The highest BCUT2D eigenvalue weighted by atomic mass is 32.2. The zero-order chi connectivity index (χ0) is 15.7. The average molecular weight is 306 g/mol. The normalized spacial score (nSPS) is 18.3. The number of nitrogens with zero attached hydrogens (tertiary/aromatic N) is 1. The Morgan fingerprint density at radius 1 is 1.38 bits per heavy atom. The molecule has 1 saturated heterocycles. The first-order chi connectivity index (χ1) is 9.79. The van der Waals surface area contributed by atoms with Crippen LogP contribution in [-0.4, -0.2) is 31.4 Å². The molecule has 0 unspecified atom stereocenters. The van der Waals surface area contributed by atoms with Crippen molar-refractivity contribution in [3.05, 3.63) is 29.3 Å². The van der Waals surface area contributed by atoms with Crippen LogP contribution in [0.1, 0.15) is 37.8 Å². The van der Waals surface area contributed by atoms with Gasteiger partial charge in [0.15, 0.2) is 0 Å². The maximum Gasteiger partial charge on any atom is 0.243 e. The summed E-state index contributed by atoms with van der Waals surface area (Å²) < 4.78 is 27.5. The predicted octanol–water partition coefficient (Wildman–Crippen LogP) is 1.87. The van der Waals surface area contributed by atoms with Gasteiger partial charge in [0.05, 0.1) is 11.4 Å². The lowest BCUT2D eigenvalue weighted by atomic mass is 10.0. The van der Waals surface area contributed by atoms with Gasteiger partial charge in [0.2, 0.25) is 10.0 Å². The quantitative estimate of drug-likeness (QED) is 0.848. The van der Waals surface area contributed by atoms with Gasteiger partial charge in [-0.15, -0.1) is 0 Å². The van der Waals surface area contributed by atoms with Crippen LogP contribution in [0.15, 0.2) is 23.1 Å². The molecule has 5 heteroatoms. The van der Waals surface area contributed by atoms with Crippen LogP contribution in [0.5, 0.6) is 0 Å². The summed E-state index contributed by atoms with van der Waals surface area (Å²) in [6.45, 7) is 6.61. The van der Waals surface area contributed by atoms with Crippen molar-refractivity contribution < 1.29 is 8.42 Å². The molecule has 1 aromatic carbocycles. The summed E-state index contributed by atoms with van der Waals surface area (Å²) in [6.07, 6.45) is 1.79. The van der Waals surface area contributed by atoms with Gasteiger partial charge in [-0.25, -0.2) is 8.42 Å². The molecule has 0 aromatic heterocycles. The minimum absolute atomic E-state index is 0.259. The van der Waals surface area contributed by atoms with Crippen LogP contribution in [0.25, 0.3) is 0 Å². The second-order valence-electron chi connectivity index (χ2n) is 5.98. The molecular weight excluding hydrogens is 284 g/mol. The highest BCUT2D eigenvalue weighted by Gasteiger charge is 2.41. The Bertz CT molecular complexity index is 697. The number of benzene rings is 1. The maximum atomic E-state index is 12.9. The average Bonchev–Trinajstić information content (AvgIpc) is 2.78. The molecule has 1 aromatic rings. The van der Waals surface area contributed by atoms with Crippen LogP contribution >= 0.6 is 0 Å². The minimum atomic E-state index is -3.49. The summed E-state index contributed by atoms with van der Waals surface area (Å²) in [7, 11) is -3.49. The van der Waals surface area contributed by atoms with E-state index < -0.39 is 10.0 Å². The van der Waals surface area contributed by atoms with Crippen molar-refractivity contribution in [1.29, 1.82) is 0 Å². The van der Waals surface area contributed by atoms with Crippen molar-refractivity contribution in [2.24, 2.45) is 5.73 Å². The number of hydrogen-bond donors (Lipinski definition) is 1. The van der Waals surface area contributed by atoms with Crippen LogP contribution in [0, 0.1) is 18.8 Å². The second-order valence-corrected chi connectivity index (χ2v) is 7.81. The topological polar surface area (TPSA) is 63.4 Å². The van der Waals surface area contributed by atoms with Crippen molar-refractivity contribution >= 4 is 10.0 Å². The number of sulfonamides is 1. The SMILES string of the molecule is Cc1ccc(C#CCN)cc1S(=O)(=O)N1CCCC1(C)C. The van der Waals surface area contributed by atoms with Gasteiger partial charge in [0, 0.05) is 17.6 Å². The molecule has 1 aliphatic heterocycles. The van der Waals surface area contributed by atoms with E-state index in [9.17, 15) is 8.42 Å². The first kappa shape index (κ1) is 16.0. The fraction of sp³-hybridized carbons (Fsp3) is 0.500. The molecule has 0 bridgehead atoms. The molecular formula is C16H22N2O2S. The number of rotatable bonds is 2. The van der Waals surface area contributed by atoms with E-state index in [4.69, 9.17) is 5.73 Å². The molecule has 2 N–H and O–H groups in total. The van der Waals surface area contributed by atoms with Crippen molar-refractivity contribution in [2.75, 3.05) is 13.1 Å². The van der Waals surface area contributed by atoms with Crippen LogP contribution in [0.3, 0.4) is 0 Å². The minimum Gasteiger partial charge on any atom is -0.320 e. The van der Waals surface area contributed by atoms with E-state index in [2.05, 4.69) is 11.8 Å². The fourth-order valence-corrected chi connectivity index (χ4v) is 4.86. The number of nitrogens with two attached hydrogens (primary N) is 1. The monoisotopic (exact) mass is 306 g/mol. The summed E-state index contributed by atoms with van der Waals surface area (Å²) >= 11 is 0. The van der Waals surface area contributed by atoms with Crippen LogP contribution < -0.4 is 5.73 Å². The predicted molar refractivity (Wildman–Crippen MR) is 84.3 cm³/mol. The molecule has 0 amide bonds. The van der Waals surface area contributed by atoms with E-state index in [-0.39, 0.29) is 12.1 Å². The van der Waals surface area contributed by atoms with Gasteiger partial charge >= 0.3 is 0 Å². The summed E-state index contributed by atoms with van der Waals surface area (Å²) in [5.41, 5.74) is 6.46. The van der Waals surface area contributed by atoms with E-state index in [1.165, 1.54) is 0 Å². The zero-order valence-corrected chi connectivity index (χ0v) is 13.6. The third-order valence-corrected chi connectivity index (χ3v) is 6.17. The van der Waals surface area contributed by atoms with E-state index >= 15 is 0 Å². The Hall–Kier alpha value is -1.35. The Morgan fingerprint density at radius 2 is 2.10 bits per heavy atom. The summed E-state index contributed by atoms with van der Waals surface area (Å²) in [4.78, 5) is 0.348. The molecule has 1 aliphatic rings. The standard InChI is InChI=1S/C16H22N2O2S/c1-13-7-8-14(6-4-10-17)12-15(13)21(19,20)18-11-5-9-16(18,2)3/h7-8,12H,5,9-11,17H2,1-3H3. The van der Waals surface area contributed by atoms with Gasteiger partial charge in [-0.05, 0) is 51.3 Å². The number of hydrogen-bond acceptors (Lipinski definition) is 3. The van der Waals surface area contributed by atoms with Gasteiger partial charge in [0.25, 0.3) is 0 Å². The van der Waals surface area contributed by atoms with Crippen molar-refractivity contribution in [3.63, 3.8) is 0 Å². The first-order valence-electron chi connectivity index (χ1n) is 7.11. The van der Waals surface area contributed by atoms with Gasteiger partial charge < -0.3 is 5.73 Å². The van der Waals surface area contributed by atoms with Gasteiger partial charge in [-0.3, -0.25) is 0 Å². The molecule has 0 aliphatic carbocycles. The summed E-state index contributed by atoms with van der Waals surface area (Å²) in [5, 5.41) is 0. The molecule has 114 valence electrons. The summed E-state index contributed by atoms with van der Waals surface area (Å²) in [5.74, 6) is 5.66. The Kier molecular flexibility index (Phi) is 4.43. The van der Waals surface area contributed by atoms with Crippen LogP contribution in [-0.2, 0) is 10.0 Å². The third kappa shape index (κ3) is 3.13. The smallest absolute Gasteiger partial charge is 0.243 e. The summed E-state index contributed by atoms with van der Waals surface area (Å²) in [6, 6.07) is 5.28. The largest absolute Gasteiger partial charge is 0.320 e. The lowest BCUT2D eigenvalue weighted by molar-refractivity contribution is 0.291. The van der Waals surface area contributed by atoms with Crippen molar-refractivity contribution in [3.8, 4) is 11.8 Å².